The highest BCUT2D eigenvalue weighted by molar-refractivity contribution is 5.83. The molecule has 2 rings (SSSR count). The van der Waals surface area contributed by atoms with Gasteiger partial charge in [-0.15, -0.1) is 0 Å². The lowest BCUT2D eigenvalue weighted by Crippen LogP contribution is -2.26. The number of rotatable bonds is 3. The summed E-state index contributed by atoms with van der Waals surface area (Å²) in [6.07, 6.45) is 0. The molecular weight excluding hydrogens is 234 g/mol. The van der Waals surface area contributed by atoms with Gasteiger partial charge in [0.15, 0.2) is 12.4 Å². The molecule has 0 aliphatic heterocycles. The molecule has 0 unspecified atom stereocenters. The predicted molar refractivity (Wildman–Crippen MR) is 68.5 cm³/mol. The second kappa shape index (κ2) is 4.79. The third-order valence-corrected chi connectivity index (χ3v) is 2.47. The second-order valence-electron chi connectivity index (χ2n) is 3.77. The molecule has 1 heterocycles. The number of hydrogen-bond donors (Lipinski definition) is 3. The number of fused-ring (bicyclic) bond motifs is 1. The maximum Gasteiger partial charge on any atom is 0.290 e. The average Bonchev–Trinajstić information content (AvgIpc) is 2.36. The van der Waals surface area contributed by atoms with Crippen molar-refractivity contribution < 1.29 is 9.53 Å². The lowest BCUT2D eigenvalue weighted by Gasteiger charge is -2.06. The zero-order valence-electron chi connectivity index (χ0n) is 9.82. The Morgan fingerprint density at radius 3 is 2.94 bits per heavy atom. The molecule has 1 aromatic heterocycles. The Bertz CT molecular complexity index is 649. The number of likely N-dealkylation sites (N-methyl/N-ethyl adjacent to an activating group) is 1. The first-order valence-corrected chi connectivity index (χ1v) is 5.36. The molecular formula is C12H13N3O3. The molecule has 1 amide bonds. The van der Waals surface area contributed by atoms with E-state index < -0.39 is 0 Å². The van der Waals surface area contributed by atoms with Crippen LogP contribution in [0.25, 0.3) is 10.9 Å². The molecule has 1 aromatic carbocycles. The molecule has 0 saturated carbocycles. The lowest BCUT2D eigenvalue weighted by molar-refractivity contribution is -0.122. The second-order valence-corrected chi connectivity index (χ2v) is 3.77. The summed E-state index contributed by atoms with van der Waals surface area (Å²) in [4.78, 5) is 25.4. The molecule has 0 spiro atoms. The summed E-state index contributed by atoms with van der Waals surface area (Å²) in [7, 11) is 1.50. The smallest absolute Gasteiger partial charge is 0.290 e. The first-order chi connectivity index (χ1) is 8.60. The number of aromatic nitrogens is 1. The van der Waals surface area contributed by atoms with Crippen LogP contribution in [0.4, 0.5) is 5.69 Å². The van der Waals surface area contributed by atoms with Gasteiger partial charge in [0.2, 0.25) is 0 Å². The van der Waals surface area contributed by atoms with Gasteiger partial charge in [-0.25, -0.2) is 0 Å². The van der Waals surface area contributed by atoms with E-state index in [1.54, 1.807) is 24.3 Å². The van der Waals surface area contributed by atoms with Crippen LogP contribution in [-0.4, -0.2) is 24.5 Å². The monoisotopic (exact) mass is 247 g/mol. The van der Waals surface area contributed by atoms with Gasteiger partial charge in [-0.2, -0.15) is 0 Å². The van der Waals surface area contributed by atoms with Crippen molar-refractivity contribution in [3.8, 4) is 5.75 Å². The average molecular weight is 247 g/mol. The van der Waals surface area contributed by atoms with Gasteiger partial charge < -0.3 is 20.8 Å². The molecule has 4 N–H and O–H groups in total. The largest absolute Gasteiger partial charge is 0.478 e. The molecule has 94 valence electrons. The minimum Gasteiger partial charge on any atom is -0.478 e. The van der Waals surface area contributed by atoms with Gasteiger partial charge in [0, 0.05) is 23.6 Å². The van der Waals surface area contributed by atoms with Crippen molar-refractivity contribution in [1.82, 2.24) is 10.3 Å². The molecule has 2 aromatic rings. The molecule has 0 fully saturated rings. The highest BCUT2D eigenvalue weighted by Crippen LogP contribution is 2.17. The van der Waals surface area contributed by atoms with E-state index in [0.29, 0.717) is 11.2 Å². The van der Waals surface area contributed by atoms with E-state index in [1.165, 1.54) is 7.05 Å². The number of anilines is 1. The van der Waals surface area contributed by atoms with E-state index in [1.807, 2.05) is 0 Å². The van der Waals surface area contributed by atoms with Crippen molar-refractivity contribution in [2.75, 3.05) is 19.4 Å². The highest BCUT2D eigenvalue weighted by atomic mass is 16.5. The molecule has 0 atom stereocenters. The molecule has 0 bridgehead atoms. The van der Waals surface area contributed by atoms with Crippen molar-refractivity contribution >= 4 is 22.5 Å². The van der Waals surface area contributed by atoms with Gasteiger partial charge in [0.05, 0.1) is 0 Å². The van der Waals surface area contributed by atoms with Gasteiger partial charge in [0.25, 0.3) is 11.5 Å². The summed E-state index contributed by atoms with van der Waals surface area (Å²) in [5.74, 6) is -0.209. The number of hydrogen-bond acceptors (Lipinski definition) is 4. The highest BCUT2D eigenvalue weighted by Gasteiger charge is 2.06. The van der Waals surface area contributed by atoms with Gasteiger partial charge >= 0.3 is 0 Å². The molecule has 0 saturated heterocycles. The quantitative estimate of drug-likeness (QED) is 0.676. The van der Waals surface area contributed by atoms with Gasteiger partial charge in [-0.05, 0) is 24.3 Å². The fraction of sp³-hybridized carbons (Fsp3) is 0.167. The molecule has 6 heteroatoms. The van der Waals surface area contributed by atoms with Crippen molar-refractivity contribution in [3.63, 3.8) is 0 Å². The Labute approximate surface area is 103 Å². The summed E-state index contributed by atoms with van der Waals surface area (Å²) in [5, 5.41) is 3.16. The van der Waals surface area contributed by atoms with E-state index in [-0.39, 0.29) is 23.8 Å². The number of aromatic amines is 1. The third-order valence-electron chi connectivity index (χ3n) is 2.47. The number of benzene rings is 1. The number of amides is 1. The predicted octanol–water partition coefficient (Wildman–Crippen LogP) is 0.235. The Hall–Kier alpha value is -2.50. The van der Waals surface area contributed by atoms with Crippen molar-refractivity contribution in [3.05, 3.63) is 34.6 Å². The molecule has 0 aliphatic carbocycles. The number of ether oxygens (including phenoxy) is 1. The Morgan fingerprint density at radius 2 is 2.22 bits per heavy atom. The van der Waals surface area contributed by atoms with Crippen LogP contribution < -0.4 is 21.3 Å². The Kier molecular flexibility index (Phi) is 3.18. The van der Waals surface area contributed by atoms with Crippen LogP contribution in [-0.2, 0) is 4.79 Å². The summed E-state index contributed by atoms with van der Waals surface area (Å²) in [5.41, 5.74) is 6.54. The molecule has 6 nitrogen and oxygen atoms in total. The van der Waals surface area contributed by atoms with Crippen LogP contribution in [0.2, 0.25) is 0 Å². The first-order valence-electron chi connectivity index (χ1n) is 5.36. The van der Waals surface area contributed by atoms with E-state index in [2.05, 4.69) is 10.3 Å². The maximum atomic E-state index is 11.7. The Morgan fingerprint density at radius 1 is 1.44 bits per heavy atom. The number of pyridine rings is 1. The molecule has 0 aliphatic rings. The van der Waals surface area contributed by atoms with Crippen LogP contribution >= 0.6 is 0 Å². The number of nitrogens with two attached hydrogens (primary N) is 1. The fourth-order valence-electron chi connectivity index (χ4n) is 1.53. The van der Waals surface area contributed by atoms with Crippen LogP contribution in [0, 0.1) is 0 Å². The van der Waals surface area contributed by atoms with Crippen LogP contribution in [0.1, 0.15) is 0 Å². The molecule has 0 radical (unpaired) electrons. The topological polar surface area (TPSA) is 97.2 Å². The van der Waals surface area contributed by atoms with Crippen molar-refractivity contribution in [2.24, 2.45) is 0 Å². The number of carbonyl (C=O) groups excluding carboxylic acids is 1. The van der Waals surface area contributed by atoms with Gasteiger partial charge in [0.1, 0.15) is 0 Å². The zero-order valence-corrected chi connectivity index (χ0v) is 9.82. The van der Waals surface area contributed by atoms with Crippen LogP contribution in [0.15, 0.2) is 29.1 Å². The van der Waals surface area contributed by atoms with Gasteiger partial charge in [-0.3, -0.25) is 9.59 Å². The van der Waals surface area contributed by atoms with E-state index in [0.717, 1.165) is 5.39 Å². The minimum absolute atomic E-state index is 0.0942. The van der Waals surface area contributed by atoms with E-state index in [4.69, 9.17) is 10.5 Å². The number of H-pyrrole nitrogens is 1. The maximum absolute atomic E-state index is 11.7. The SMILES string of the molecule is CNC(=O)COc1cc2cc(N)ccc2[nH]c1=O. The van der Waals surface area contributed by atoms with E-state index >= 15 is 0 Å². The summed E-state index contributed by atoms with van der Waals surface area (Å²) >= 11 is 0. The Balaban J connectivity index is 2.36. The summed E-state index contributed by atoms with van der Waals surface area (Å²) < 4.78 is 5.14. The van der Waals surface area contributed by atoms with Crippen LogP contribution in [0.3, 0.4) is 0 Å². The standard InChI is InChI=1S/C12H13N3O3/c1-14-11(16)6-18-10-5-7-4-8(13)2-3-9(7)15-12(10)17/h2-5H,6,13H2,1H3,(H,14,16)(H,15,17). The number of nitrogens with one attached hydrogen (secondary N) is 2. The zero-order chi connectivity index (χ0) is 13.1. The first kappa shape index (κ1) is 12.0. The number of nitrogen functional groups attached to an aromatic ring is 1. The number of carbonyl (C=O) groups is 1. The van der Waals surface area contributed by atoms with Gasteiger partial charge in [-0.1, -0.05) is 0 Å². The van der Waals surface area contributed by atoms with Crippen molar-refractivity contribution in [2.45, 2.75) is 0 Å². The normalized spacial score (nSPS) is 10.3. The summed E-state index contributed by atoms with van der Waals surface area (Å²) in [6.45, 7) is -0.201. The van der Waals surface area contributed by atoms with Crippen LogP contribution in [0.5, 0.6) is 5.75 Å². The minimum atomic E-state index is -0.379. The summed E-state index contributed by atoms with van der Waals surface area (Å²) in [6, 6.07) is 6.70. The lowest BCUT2D eigenvalue weighted by atomic mass is 10.2. The van der Waals surface area contributed by atoms with Crippen molar-refractivity contribution in [1.29, 1.82) is 0 Å². The fourth-order valence-corrected chi connectivity index (χ4v) is 1.53. The molecule has 18 heavy (non-hydrogen) atoms. The third kappa shape index (κ3) is 2.42. The van der Waals surface area contributed by atoms with E-state index in [9.17, 15) is 9.59 Å².